The van der Waals surface area contributed by atoms with E-state index < -0.39 is 5.82 Å². The van der Waals surface area contributed by atoms with Gasteiger partial charge in [0.25, 0.3) is 5.91 Å². The van der Waals surface area contributed by atoms with Crippen LogP contribution >= 0.6 is 0 Å². The number of carbonyl (C=O) groups is 1. The summed E-state index contributed by atoms with van der Waals surface area (Å²) in [5.74, 6) is -0.388. The number of rotatable bonds is 6. The van der Waals surface area contributed by atoms with Crippen LogP contribution in [0.5, 0.6) is 5.75 Å². The molecular formula is C13H18FNO3. The average Bonchev–Trinajstić information content (AvgIpc) is 2.37. The Kier molecular flexibility index (Phi) is 5.58. The summed E-state index contributed by atoms with van der Waals surface area (Å²) in [7, 11) is 0. The largest absolute Gasteiger partial charge is 0.484 e. The van der Waals surface area contributed by atoms with Crippen LogP contribution in [0.2, 0.25) is 0 Å². The van der Waals surface area contributed by atoms with Gasteiger partial charge >= 0.3 is 0 Å². The molecule has 0 heterocycles. The summed E-state index contributed by atoms with van der Waals surface area (Å²) in [6.07, 6.45) is 0. The van der Waals surface area contributed by atoms with E-state index in [1.165, 1.54) is 18.2 Å². The number of aliphatic hydroxyl groups is 1. The van der Waals surface area contributed by atoms with Gasteiger partial charge in [0.2, 0.25) is 0 Å². The van der Waals surface area contributed by atoms with Gasteiger partial charge in [0, 0.05) is 19.2 Å². The molecule has 0 atom stereocenters. The lowest BCUT2D eigenvalue weighted by atomic mass is 10.2. The highest BCUT2D eigenvalue weighted by Crippen LogP contribution is 2.16. The first kappa shape index (κ1) is 14.4. The molecule has 0 radical (unpaired) electrons. The maximum Gasteiger partial charge on any atom is 0.260 e. The molecule has 1 aromatic carbocycles. The molecule has 0 saturated heterocycles. The van der Waals surface area contributed by atoms with Crippen LogP contribution in [0.3, 0.4) is 0 Å². The lowest BCUT2D eigenvalue weighted by molar-refractivity contribution is -0.132. The van der Waals surface area contributed by atoms with Crippen molar-refractivity contribution in [2.24, 2.45) is 0 Å². The molecule has 0 aliphatic carbocycles. The van der Waals surface area contributed by atoms with Crippen molar-refractivity contribution in [3.8, 4) is 5.75 Å². The third-order valence-corrected chi connectivity index (χ3v) is 2.59. The Bertz CT molecular complexity index is 405. The van der Waals surface area contributed by atoms with Gasteiger partial charge in [0.15, 0.2) is 6.61 Å². The number of carbonyl (C=O) groups excluding carboxylic acids is 1. The molecule has 1 amide bonds. The Labute approximate surface area is 106 Å². The Hall–Kier alpha value is -1.62. The van der Waals surface area contributed by atoms with E-state index in [0.29, 0.717) is 18.7 Å². The molecule has 0 spiro atoms. The fourth-order valence-corrected chi connectivity index (χ4v) is 1.61. The maximum absolute atomic E-state index is 13.1. The number of halogens is 1. The van der Waals surface area contributed by atoms with E-state index in [1.54, 1.807) is 4.90 Å². The highest BCUT2D eigenvalue weighted by Gasteiger charge is 2.10. The highest BCUT2D eigenvalue weighted by atomic mass is 19.1. The second kappa shape index (κ2) is 6.96. The summed E-state index contributed by atoms with van der Waals surface area (Å²) in [4.78, 5) is 13.3. The van der Waals surface area contributed by atoms with Gasteiger partial charge in [-0.3, -0.25) is 4.79 Å². The van der Waals surface area contributed by atoms with E-state index in [4.69, 9.17) is 9.84 Å². The van der Waals surface area contributed by atoms with E-state index in [1.807, 2.05) is 13.8 Å². The number of nitrogens with zero attached hydrogens (tertiary/aromatic N) is 1. The van der Waals surface area contributed by atoms with E-state index in [9.17, 15) is 9.18 Å². The fraction of sp³-hybridized carbons (Fsp3) is 0.462. The van der Waals surface area contributed by atoms with Crippen molar-refractivity contribution in [2.45, 2.75) is 20.5 Å². The van der Waals surface area contributed by atoms with Gasteiger partial charge in [0.1, 0.15) is 11.6 Å². The first-order chi connectivity index (χ1) is 8.60. The minimum Gasteiger partial charge on any atom is -0.484 e. The summed E-state index contributed by atoms with van der Waals surface area (Å²) in [5.41, 5.74) is 0.417. The van der Waals surface area contributed by atoms with Crippen LogP contribution in [0.15, 0.2) is 18.2 Å². The number of hydrogen-bond donors (Lipinski definition) is 1. The van der Waals surface area contributed by atoms with Crippen molar-refractivity contribution < 1.29 is 19.0 Å². The Balaban J connectivity index is 2.63. The number of ether oxygens (including phenoxy) is 1. The van der Waals surface area contributed by atoms with E-state index >= 15 is 0 Å². The highest BCUT2D eigenvalue weighted by molar-refractivity contribution is 5.77. The minimum atomic E-state index is -0.494. The molecule has 0 aromatic heterocycles. The molecule has 1 N–H and O–H groups in total. The molecule has 5 heteroatoms. The van der Waals surface area contributed by atoms with Crippen molar-refractivity contribution in [1.29, 1.82) is 0 Å². The zero-order chi connectivity index (χ0) is 13.5. The summed E-state index contributed by atoms with van der Waals surface area (Å²) in [5, 5.41) is 8.93. The summed E-state index contributed by atoms with van der Waals surface area (Å²) >= 11 is 0. The van der Waals surface area contributed by atoms with Crippen molar-refractivity contribution in [3.63, 3.8) is 0 Å². The minimum absolute atomic E-state index is 0.129. The zero-order valence-electron chi connectivity index (χ0n) is 10.6. The quantitative estimate of drug-likeness (QED) is 0.839. The van der Waals surface area contributed by atoms with Crippen LogP contribution in [0, 0.1) is 5.82 Å². The molecule has 4 nitrogen and oxygen atoms in total. The van der Waals surface area contributed by atoms with Crippen molar-refractivity contribution >= 4 is 5.91 Å². The first-order valence-corrected chi connectivity index (χ1v) is 5.91. The van der Waals surface area contributed by atoms with Crippen molar-refractivity contribution in [2.75, 3.05) is 19.7 Å². The van der Waals surface area contributed by atoms with E-state index in [2.05, 4.69) is 0 Å². The van der Waals surface area contributed by atoms with Crippen LogP contribution in [0.1, 0.15) is 19.4 Å². The first-order valence-electron chi connectivity index (χ1n) is 5.91. The standard InChI is InChI=1S/C13H18FNO3/c1-3-15(4-2)13(17)9-18-12-6-10(8-16)5-11(14)7-12/h5-7,16H,3-4,8-9H2,1-2H3. The van der Waals surface area contributed by atoms with Gasteiger partial charge in [-0.05, 0) is 31.5 Å². The SMILES string of the molecule is CCN(CC)C(=O)COc1cc(F)cc(CO)c1. The predicted octanol–water partition coefficient (Wildman–Crippen LogP) is 1.57. The van der Waals surface area contributed by atoms with Crippen LogP contribution in [0.4, 0.5) is 4.39 Å². The average molecular weight is 255 g/mol. The second-order valence-electron chi connectivity index (χ2n) is 3.81. The number of aliphatic hydroxyl groups excluding tert-OH is 1. The van der Waals surface area contributed by atoms with Gasteiger partial charge in [-0.15, -0.1) is 0 Å². The topological polar surface area (TPSA) is 49.8 Å². The van der Waals surface area contributed by atoms with Crippen molar-refractivity contribution in [3.05, 3.63) is 29.6 Å². The number of benzene rings is 1. The second-order valence-corrected chi connectivity index (χ2v) is 3.81. The van der Waals surface area contributed by atoms with Crippen LogP contribution in [0.25, 0.3) is 0 Å². The number of likely N-dealkylation sites (N-methyl/N-ethyl adjacent to an activating group) is 1. The predicted molar refractivity (Wildman–Crippen MR) is 65.7 cm³/mol. The molecule has 1 rings (SSSR count). The van der Waals surface area contributed by atoms with Crippen LogP contribution < -0.4 is 4.74 Å². The van der Waals surface area contributed by atoms with Gasteiger partial charge in [-0.25, -0.2) is 4.39 Å². The molecule has 100 valence electrons. The van der Waals surface area contributed by atoms with E-state index in [-0.39, 0.29) is 24.9 Å². The maximum atomic E-state index is 13.1. The Morgan fingerprint density at radius 3 is 2.56 bits per heavy atom. The molecule has 0 fully saturated rings. The summed E-state index contributed by atoms with van der Waals surface area (Å²) < 4.78 is 18.4. The molecule has 0 bridgehead atoms. The molecule has 0 aliphatic rings. The van der Waals surface area contributed by atoms with Crippen molar-refractivity contribution in [1.82, 2.24) is 4.90 Å². The lowest BCUT2D eigenvalue weighted by Crippen LogP contribution is -2.34. The molecular weight excluding hydrogens is 237 g/mol. The molecule has 18 heavy (non-hydrogen) atoms. The third-order valence-electron chi connectivity index (χ3n) is 2.59. The molecule has 0 unspecified atom stereocenters. The smallest absolute Gasteiger partial charge is 0.260 e. The molecule has 1 aromatic rings. The molecule has 0 aliphatic heterocycles. The summed E-state index contributed by atoms with van der Waals surface area (Å²) in [6, 6.07) is 3.92. The summed E-state index contributed by atoms with van der Waals surface area (Å²) in [6.45, 7) is 4.60. The zero-order valence-corrected chi connectivity index (χ0v) is 10.6. The van der Waals surface area contributed by atoms with E-state index in [0.717, 1.165) is 0 Å². The Morgan fingerprint density at radius 2 is 2.00 bits per heavy atom. The third kappa shape index (κ3) is 4.00. The van der Waals surface area contributed by atoms with Gasteiger partial charge in [-0.1, -0.05) is 0 Å². The lowest BCUT2D eigenvalue weighted by Gasteiger charge is -2.18. The van der Waals surface area contributed by atoms with Gasteiger partial charge in [0.05, 0.1) is 6.61 Å². The van der Waals surface area contributed by atoms with Gasteiger partial charge < -0.3 is 14.7 Å². The van der Waals surface area contributed by atoms with Gasteiger partial charge in [-0.2, -0.15) is 0 Å². The number of amides is 1. The normalized spacial score (nSPS) is 10.2. The number of hydrogen-bond acceptors (Lipinski definition) is 3. The van der Waals surface area contributed by atoms with Crippen LogP contribution in [-0.2, 0) is 11.4 Å². The molecule has 0 saturated carbocycles. The van der Waals surface area contributed by atoms with Crippen LogP contribution in [-0.4, -0.2) is 35.6 Å². The fourth-order valence-electron chi connectivity index (χ4n) is 1.61. The Morgan fingerprint density at radius 1 is 1.33 bits per heavy atom. The monoisotopic (exact) mass is 255 g/mol.